The number of aromatic amines is 2. The summed E-state index contributed by atoms with van der Waals surface area (Å²) in [6, 6.07) is 9.07. The van der Waals surface area contributed by atoms with Crippen LogP contribution >= 0.6 is 22.6 Å². The number of rotatable bonds is 13. The van der Waals surface area contributed by atoms with Crippen molar-refractivity contribution in [2.24, 2.45) is 9.98 Å². The van der Waals surface area contributed by atoms with E-state index in [0.29, 0.717) is 47.0 Å². The first-order valence-corrected chi connectivity index (χ1v) is 26.9. The van der Waals surface area contributed by atoms with Crippen LogP contribution in [-0.2, 0) is 9.59 Å². The third-order valence-electron chi connectivity index (χ3n) is 11.1. The Labute approximate surface area is 483 Å². The standard InChI is InChI=1S/C19H20N4O3.C13H19N5O.C13H16N2O3.C12H16IN5/c1-13(2)23-12-16(10-7-11-20-14(3)24)17(22-19(23)26)21-18(25)15-8-5-4-6-9-15;1-8(2)18-6-9(3)10-11(18)15-13(16-12(10)19)14-7-17(4)5;1-9(2)15-8-11(12(17)14-13(15)18)7-5-4-6-10(3)16;1-8(2)18-5-9(13)10-11(16-7-17(3)4)14-6-15-12(10)18/h4-6,8-9,12-13H,11H2,1-3H3,(H,20,24)(H,21,22,25,26);6-8H,1-5H3,(H,15,16,19);8-9H,4,6H2,1-3H3,(H,14,17,18);5-8H,1-4H3. The Morgan fingerprint density at radius 2 is 1.30 bits per heavy atom. The number of H-pyrrole nitrogens is 2. The Balaban J connectivity index is 0.000000235. The van der Waals surface area contributed by atoms with Crippen LogP contribution in [0.15, 0.2) is 90.6 Å². The summed E-state index contributed by atoms with van der Waals surface area (Å²) in [5, 5.41) is 6.85. The molecule has 6 heterocycles. The minimum atomic E-state index is -0.493. The summed E-state index contributed by atoms with van der Waals surface area (Å²) in [6.45, 7) is 20.7. The monoisotopic (exact) mass is 1220 g/mol. The maximum Gasteiger partial charge on any atom is 0.349 e. The van der Waals surface area contributed by atoms with Crippen molar-refractivity contribution in [2.75, 3.05) is 40.1 Å². The lowest BCUT2D eigenvalue weighted by molar-refractivity contribution is -0.119. The highest BCUT2D eigenvalue weighted by molar-refractivity contribution is 14.1. The van der Waals surface area contributed by atoms with E-state index in [4.69, 9.17) is 0 Å². The molecule has 0 saturated heterocycles. The SMILES string of the molecule is CC(=O)CCC#Cc1cn(C(C)C)c(=O)[nH]c1=O.CC(=O)NCC#Cc1cn(C(C)C)c(=O)nc1NC(=O)c1ccccc1.CC(C)n1cc(I)c2c(N=CN(C)C)ncnc21.Cc1cn(C(C)C)c2nc(N=CN(C)C)[nH]c(=O)c12. The molecule has 0 atom stereocenters. The maximum atomic E-state index is 12.4. The van der Waals surface area contributed by atoms with E-state index in [0.717, 1.165) is 26.0 Å². The number of nitrogens with one attached hydrogen (secondary N) is 4. The van der Waals surface area contributed by atoms with E-state index < -0.39 is 16.9 Å². The Bertz CT molecular complexity index is 3780. The van der Waals surface area contributed by atoms with Crippen LogP contribution in [0.2, 0.25) is 0 Å². The molecular weight excluding hydrogens is 1150 g/mol. The van der Waals surface area contributed by atoms with E-state index >= 15 is 0 Å². The number of hydrogen-bond donors (Lipinski definition) is 4. The average molecular weight is 1220 g/mol. The van der Waals surface area contributed by atoms with E-state index in [9.17, 15) is 33.6 Å². The molecule has 7 aromatic rings. The molecule has 7 rings (SSSR count). The molecular formula is C57H71IN16O7. The van der Waals surface area contributed by atoms with E-state index in [-0.39, 0.29) is 59.2 Å². The van der Waals surface area contributed by atoms with Gasteiger partial charge in [0.1, 0.15) is 29.0 Å². The highest BCUT2D eigenvalue weighted by Crippen LogP contribution is 2.30. The zero-order chi connectivity index (χ0) is 60.2. The van der Waals surface area contributed by atoms with Gasteiger partial charge in [-0.05, 0) is 110 Å². The van der Waals surface area contributed by atoms with Crippen molar-refractivity contribution < 1.29 is 14.4 Å². The predicted octanol–water partition coefficient (Wildman–Crippen LogP) is 7.08. The first-order chi connectivity index (χ1) is 38.2. The van der Waals surface area contributed by atoms with Gasteiger partial charge in [0.15, 0.2) is 11.6 Å². The van der Waals surface area contributed by atoms with Crippen LogP contribution in [-0.4, -0.2) is 123 Å². The van der Waals surface area contributed by atoms with Crippen LogP contribution in [0.4, 0.5) is 17.6 Å². The molecule has 428 valence electrons. The minimum absolute atomic E-state index is 0.0490. The first-order valence-electron chi connectivity index (χ1n) is 25.8. The van der Waals surface area contributed by atoms with Crippen molar-refractivity contribution in [3.8, 4) is 23.7 Å². The van der Waals surface area contributed by atoms with Gasteiger partial charge in [0.2, 0.25) is 11.9 Å². The van der Waals surface area contributed by atoms with Crippen molar-refractivity contribution >= 4 is 92.5 Å². The molecule has 6 aromatic heterocycles. The molecule has 0 fully saturated rings. The lowest BCUT2D eigenvalue weighted by Gasteiger charge is -2.12. The number of fused-ring (bicyclic) bond motifs is 2. The molecule has 0 aliphatic carbocycles. The molecule has 4 N–H and O–H groups in total. The number of aryl methyl sites for hydroxylation is 1. The van der Waals surface area contributed by atoms with Gasteiger partial charge in [0.05, 0.1) is 35.6 Å². The van der Waals surface area contributed by atoms with Crippen molar-refractivity contribution in [3.05, 3.63) is 129 Å². The zero-order valence-corrected chi connectivity index (χ0v) is 50.6. The number of carbonyl (C=O) groups is 3. The van der Waals surface area contributed by atoms with E-state index in [1.807, 2.05) is 78.5 Å². The van der Waals surface area contributed by atoms with Crippen molar-refractivity contribution in [2.45, 2.75) is 113 Å². The lowest BCUT2D eigenvalue weighted by atomic mass is 10.2. The number of carbonyl (C=O) groups excluding carboxylic acids is 3. The Morgan fingerprint density at radius 1 is 0.704 bits per heavy atom. The fourth-order valence-electron chi connectivity index (χ4n) is 7.09. The number of anilines is 1. The predicted molar refractivity (Wildman–Crippen MR) is 327 cm³/mol. The molecule has 0 aliphatic rings. The molecule has 23 nitrogen and oxygen atoms in total. The second-order valence-electron chi connectivity index (χ2n) is 19.8. The Morgan fingerprint density at radius 3 is 1.89 bits per heavy atom. The number of aliphatic imine (C=N–C) groups is 2. The summed E-state index contributed by atoms with van der Waals surface area (Å²) in [5.74, 6) is 11.7. The second kappa shape index (κ2) is 30.5. The zero-order valence-electron chi connectivity index (χ0n) is 48.5. The summed E-state index contributed by atoms with van der Waals surface area (Å²) >= 11 is 2.31. The third kappa shape index (κ3) is 19.2. The summed E-state index contributed by atoms with van der Waals surface area (Å²) in [5.41, 5.74) is 2.08. The maximum absolute atomic E-state index is 12.4. The Hall–Kier alpha value is -8.78. The second-order valence-corrected chi connectivity index (χ2v) is 21.0. The summed E-state index contributed by atoms with van der Waals surface area (Å²) < 4.78 is 8.11. The molecule has 0 saturated carbocycles. The van der Waals surface area contributed by atoms with Gasteiger partial charge in [-0.3, -0.25) is 43.1 Å². The topological polar surface area (TPSA) is 278 Å². The number of halogens is 1. The van der Waals surface area contributed by atoms with Gasteiger partial charge in [0.25, 0.3) is 17.0 Å². The highest BCUT2D eigenvalue weighted by atomic mass is 127. The molecule has 0 aliphatic heterocycles. The number of Topliss-reactive ketones (excluding diaryl/α,β-unsaturated/α-hetero) is 1. The number of benzene rings is 1. The first kappa shape index (κ1) is 64.7. The molecule has 1 aromatic carbocycles. The van der Waals surface area contributed by atoms with Crippen LogP contribution in [0.1, 0.15) is 133 Å². The average Bonchev–Trinajstić information content (AvgIpc) is 4.19. The quantitative estimate of drug-likeness (QED) is 0.0389. The van der Waals surface area contributed by atoms with Gasteiger partial charge in [0, 0.05) is 106 Å². The van der Waals surface area contributed by atoms with Gasteiger partial charge in [-0.15, -0.1) is 0 Å². The fraction of sp³-hybridized carbons (Fsp3) is 0.386. The number of hydrogen-bond acceptors (Lipinski definition) is 13. The highest BCUT2D eigenvalue weighted by Gasteiger charge is 2.17. The number of amides is 2. The Kier molecular flexibility index (Phi) is 24.4. The number of ketones is 1. The van der Waals surface area contributed by atoms with E-state index in [1.165, 1.54) is 29.2 Å². The molecule has 0 bridgehead atoms. The van der Waals surface area contributed by atoms with Gasteiger partial charge in [-0.1, -0.05) is 41.9 Å². The van der Waals surface area contributed by atoms with Crippen LogP contribution in [0.5, 0.6) is 0 Å². The van der Waals surface area contributed by atoms with Gasteiger partial charge < -0.3 is 29.6 Å². The lowest BCUT2D eigenvalue weighted by Crippen LogP contribution is -2.31. The third-order valence-corrected chi connectivity index (χ3v) is 11.9. The fourth-order valence-corrected chi connectivity index (χ4v) is 7.88. The molecule has 0 radical (unpaired) electrons. The van der Waals surface area contributed by atoms with Crippen LogP contribution in [0.3, 0.4) is 0 Å². The van der Waals surface area contributed by atoms with Gasteiger partial charge >= 0.3 is 11.4 Å². The smallest absolute Gasteiger partial charge is 0.349 e. The number of nitrogens with zero attached hydrogens (tertiary/aromatic N) is 12. The minimum Gasteiger partial charge on any atom is -0.369 e. The molecule has 0 unspecified atom stereocenters. The van der Waals surface area contributed by atoms with Gasteiger partial charge in [-0.25, -0.2) is 29.5 Å². The van der Waals surface area contributed by atoms with Crippen LogP contribution in [0, 0.1) is 34.2 Å². The van der Waals surface area contributed by atoms with Crippen LogP contribution in [0.25, 0.3) is 22.1 Å². The molecule has 24 heteroatoms. The van der Waals surface area contributed by atoms with E-state index in [2.05, 4.69) is 135 Å². The summed E-state index contributed by atoms with van der Waals surface area (Å²) in [4.78, 5) is 115. The molecule has 2 amide bonds. The molecule has 0 spiro atoms. The van der Waals surface area contributed by atoms with Crippen molar-refractivity contribution in [1.29, 1.82) is 0 Å². The van der Waals surface area contributed by atoms with E-state index in [1.54, 1.807) is 60.4 Å². The summed E-state index contributed by atoms with van der Waals surface area (Å²) in [7, 11) is 7.60. The summed E-state index contributed by atoms with van der Waals surface area (Å²) in [6.07, 6.45) is 12.8. The van der Waals surface area contributed by atoms with Gasteiger partial charge in [-0.2, -0.15) is 9.97 Å². The molecule has 81 heavy (non-hydrogen) atoms. The van der Waals surface area contributed by atoms with Crippen molar-refractivity contribution in [1.82, 2.24) is 63.3 Å². The normalized spacial score (nSPS) is 10.9. The largest absolute Gasteiger partial charge is 0.369 e. The number of aromatic nitrogens is 10. The van der Waals surface area contributed by atoms with Crippen molar-refractivity contribution in [3.63, 3.8) is 0 Å². The van der Waals surface area contributed by atoms with Crippen LogP contribution < -0.4 is 33.1 Å².